The van der Waals surface area contributed by atoms with Crippen LogP contribution >= 0.6 is 12.4 Å². The van der Waals surface area contributed by atoms with Crippen molar-refractivity contribution in [1.82, 2.24) is 10.2 Å². The molecule has 1 amide bonds. The SMILES string of the molecule is CC(C)c1ccc(C(=O)N2CCC3(CCNC3)C2)cc1.Cl. The highest BCUT2D eigenvalue weighted by atomic mass is 35.5. The van der Waals surface area contributed by atoms with Crippen LogP contribution in [0.4, 0.5) is 0 Å². The molecule has 2 fully saturated rings. The van der Waals surface area contributed by atoms with E-state index in [1.54, 1.807) is 0 Å². The molecule has 0 radical (unpaired) electrons. The Morgan fingerprint density at radius 2 is 1.95 bits per heavy atom. The summed E-state index contributed by atoms with van der Waals surface area (Å²) >= 11 is 0. The zero-order chi connectivity index (χ0) is 14.2. The topological polar surface area (TPSA) is 32.3 Å². The molecule has 0 aromatic heterocycles. The molecule has 0 saturated carbocycles. The molecule has 1 N–H and O–H groups in total. The average molecular weight is 309 g/mol. The van der Waals surface area contributed by atoms with Crippen molar-refractivity contribution in [1.29, 1.82) is 0 Å². The van der Waals surface area contributed by atoms with E-state index < -0.39 is 0 Å². The quantitative estimate of drug-likeness (QED) is 0.910. The van der Waals surface area contributed by atoms with Crippen LogP contribution in [0.25, 0.3) is 0 Å². The number of carbonyl (C=O) groups is 1. The Hall–Kier alpha value is -1.06. The number of likely N-dealkylation sites (tertiary alicyclic amines) is 1. The summed E-state index contributed by atoms with van der Waals surface area (Å²) in [4.78, 5) is 14.6. The Morgan fingerprint density at radius 3 is 2.52 bits per heavy atom. The van der Waals surface area contributed by atoms with Crippen LogP contribution in [0.3, 0.4) is 0 Å². The Labute approximate surface area is 133 Å². The molecule has 4 heteroatoms. The van der Waals surface area contributed by atoms with E-state index in [9.17, 15) is 4.79 Å². The van der Waals surface area contributed by atoms with Crippen LogP contribution in [0.1, 0.15) is 48.5 Å². The van der Waals surface area contributed by atoms with Crippen LogP contribution in [0.5, 0.6) is 0 Å². The normalized spacial score (nSPS) is 24.6. The third kappa shape index (κ3) is 3.24. The van der Waals surface area contributed by atoms with Crippen molar-refractivity contribution in [2.45, 2.75) is 32.6 Å². The second-order valence-corrected chi connectivity index (χ2v) is 6.68. The molecule has 2 aliphatic rings. The Balaban J connectivity index is 0.00000161. The van der Waals surface area contributed by atoms with Gasteiger partial charge in [-0.3, -0.25) is 4.79 Å². The van der Waals surface area contributed by atoms with Gasteiger partial charge >= 0.3 is 0 Å². The maximum Gasteiger partial charge on any atom is 0.253 e. The van der Waals surface area contributed by atoms with Gasteiger partial charge in [0.25, 0.3) is 5.91 Å². The lowest BCUT2D eigenvalue weighted by molar-refractivity contribution is 0.0775. The van der Waals surface area contributed by atoms with Crippen molar-refractivity contribution in [3.63, 3.8) is 0 Å². The summed E-state index contributed by atoms with van der Waals surface area (Å²) in [5.74, 6) is 0.711. The first-order valence-electron chi connectivity index (χ1n) is 7.70. The lowest BCUT2D eigenvalue weighted by Crippen LogP contribution is -2.33. The van der Waals surface area contributed by atoms with E-state index in [0.717, 1.165) is 38.2 Å². The van der Waals surface area contributed by atoms with Crippen LogP contribution < -0.4 is 5.32 Å². The highest BCUT2D eigenvalue weighted by Crippen LogP contribution is 2.36. The number of rotatable bonds is 2. The highest BCUT2D eigenvalue weighted by Gasteiger charge is 2.41. The van der Waals surface area contributed by atoms with Gasteiger partial charge in [-0.1, -0.05) is 26.0 Å². The van der Waals surface area contributed by atoms with Crippen LogP contribution in [-0.2, 0) is 0 Å². The van der Waals surface area contributed by atoms with Crippen molar-refractivity contribution < 1.29 is 4.79 Å². The highest BCUT2D eigenvalue weighted by molar-refractivity contribution is 5.94. The third-order valence-corrected chi connectivity index (χ3v) is 4.88. The second kappa shape index (κ2) is 6.37. The zero-order valence-corrected chi connectivity index (χ0v) is 13.7. The van der Waals surface area contributed by atoms with Crippen molar-refractivity contribution in [3.8, 4) is 0 Å². The Kier molecular flexibility index (Phi) is 4.95. The summed E-state index contributed by atoms with van der Waals surface area (Å²) in [7, 11) is 0. The number of hydrogen-bond acceptors (Lipinski definition) is 2. The molecular formula is C17H25ClN2O. The van der Waals surface area contributed by atoms with Gasteiger partial charge in [0.2, 0.25) is 0 Å². The number of halogens is 1. The largest absolute Gasteiger partial charge is 0.338 e. The summed E-state index contributed by atoms with van der Waals surface area (Å²) in [5.41, 5.74) is 2.48. The molecule has 21 heavy (non-hydrogen) atoms. The smallest absolute Gasteiger partial charge is 0.253 e. The maximum absolute atomic E-state index is 12.6. The number of nitrogens with zero attached hydrogens (tertiary/aromatic N) is 1. The molecule has 1 aromatic rings. The van der Waals surface area contributed by atoms with E-state index in [1.165, 1.54) is 12.0 Å². The summed E-state index contributed by atoms with van der Waals surface area (Å²) in [6.45, 7) is 8.35. The van der Waals surface area contributed by atoms with Crippen LogP contribution in [0, 0.1) is 5.41 Å². The Morgan fingerprint density at radius 1 is 1.24 bits per heavy atom. The molecule has 0 bridgehead atoms. The van der Waals surface area contributed by atoms with Crippen molar-refractivity contribution in [3.05, 3.63) is 35.4 Å². The second-order valence-electron chi connectivity index (χ2n) is 6.68. The van der Waals surface area contributed by atoms with Gasteiger partial charge in [0.05, 0.1) is 0 Å². The van der Waals surface area contributed by atoms with E-state index in [2.05, 4.69) is 31.3 Å². The summed E-state index contributed by atoms with van der Waals surface area (Å²) < 4.78 is 0. The van der Waals surface area contributed by atoms with Gasteiger partial charge < -0.3 is 10.2 Å². The first kappa shape index (κ1) is 16.3. The zero-order valence-electron chi connectivity index (χ0n) is 12.9. The molecule has 2 saturated heterocycles. The van der Waals surface area contributed by atoms with Crippen LogP contribution in [-0.4, -0.2) is 37.0 Å². The van der Waals surface area contributed by atoms with Crippen LogP contribution in [0.15, 0.2) is 24.3 Å². The van der Waals surface area contributed by atoms with E-state index in [-0.39, 0.29) is 18.3 Å². The van der Waals surface area contributed by atoms with Crippen molar-refractivity contribution in [2.75, 3.05) is 26.2 Å². The third-order valence-electron chi connectivity index (χ3n) is 4.88. The Bertz CT molecular complexity index is 492. The van der Waals surface area contributed by atoms with Crippen molar-refractivity contribution >= 4 is 18.3 Å². The van der Waals surface area contributed by atoms with Gasteiger partial charge in [-0.2, -0.15) is 0 Å². The minimum atomic E-state index is 0. The fourth-order valence-electron chi connectivity index (χ4n) is 3.45. The first-order chi connectivity index (χ1) is 9.60. The lowest BCUT2D eigenvalue weighted by Gasteiger charge is -2.23. The molecule has 1 unspecified atom stereocenters. The molecule has 2 aliphatic heterocycles. The van der Waals surface area contributed by atoms with Crippen molar-refractivity contribution in [2.24, 2.45) is 5.41 Å². The standard InChI is InChI=1S/C17H24N2O.ClH/c1-13(2)14-3-5-15(6-4-14)16(20)19-10-8-17(12-19)7-9-18-11-17;/h3-6,13,18H,7-12H2,1-2H3;1H. The lowest BCUT2D eigenvalue weighted by atomic mass is 9.86. The van der Waals surface area contributed by atoms with Crippen LogP contribution in [0.2, 0.25) is 0 Å². The van der Waals surface area contributed by atoms with Gasteiger partial charge in [0, 0.05) is 30.6 Å². The monoisotopic (exact) mass is 308 g/mol. The molecule has 116 valence electrons. The molecule has 0 aliphatic carbocycles. The van der Waals surface area contributed by atoms with Gasteiger partial charge in [-0.15, -0.1) is 12.4 Å². The minimum absolute atomic E-state index is 0. The molecular weight excluding hydrogens is 284 g/mol. The number of hydrogen-bond donors (Lipinski definition) is 1. The minimum Gasteiger partial charge on any atom is -0.338 e. The van der Waals surface area contributed by atoms with E-state index in [0.29, 0.717) is 11.3 Å². The van der Waals surface area contributed by atoms with Gasteiger partial charge in [0.15, 0.2) is 0 Å². The average Bonchev–Trinajstić information content (AvgIpc) is 3.09. The van der Waals surface area contributed by atoms with E-state index in [4.69, 9.17) is 0 Å². The first-order valence-corrected chi connectivity index (χ1v) is 7.70. The fourth-order valence-corrected chi connectivity index (χ4v) is 3.45. The molecule has 2 heterocycles. The number of carbonyl (C=O) groups excluding carboxylic acids is 1. The molecule has 1 spiro atoms. The number of nitrogens with one attached hydrogen (secondary N) is 1. The number of amides is 1. The fraction of sp³-hybridized carbons (Fsp3) is 0.588. The molecule has 1 atom stereocenters. The maximum atomic E-state index is 12.6. The molecule has 3 rings (SSSR count). The van der Waals surface area contributed by atoms with Gasteiger partial charge in [0.1, 0.15) is 0 Å². The summed E-state index contributed by atoms with van der Waals surface area (Å²) in [6.07, 6.45) is 2.36. The molecule has 1 aromatic carbocycles. The van der Waals surface area contributed by atoms with E-state index >= 15 is 0 Å². The van der Waals surface area contributed by atoms with Gasteiger partial charge in [-0.25, -0.2) is 0 Å². The van der Waals surface area contributed by atoms with Gasteiger partial charge in [-0.05, 0) is 43.0 Å². The predicted molar refractivity (Wildman–Crippen MR) is 88.2 cm³/mol. The van der Waals surface area contributed by atoms with E-state index in [1.807, 2.05) is 17.0 Å². The summed E-state index contributed by atoms with van der Waals surface area (Å²) in [5, 5.41) is 3.44. The summed E-state index contributed by atoms with van der Waals surface area (Å²) in [6, 6.07) is 8.13. The molecule has 3 nitrogen and oxygen atoms in total. The number of benzene rings is 1. The predicted octanol–water partition coefficient (Wildman–Crippen LogP) is 3.06.